The van der Waals surface area contributed by atoms with Crippen molar-refractivity contribution in [3.63, 3.8) is 0 Å². The fraction of sp³-hybridized carbons (Fsp3) is 0.600. The highest BCUT2D eigenvalue weighted by Crippen LogP contribution is 2.51. The summed E-state index contributed by atoms with van der Waals surface area (Å²) in [5.41, 5.74) is 5.76. The number of rotatable bonds is 15. The quantitative estimate of drug-likeness (QED) is 0.139. The summed E-state index contributed by atoms with van der Waals surface area (Å²) in [6, 6.07) is 10.4. The zero-order valence-electron chi connectivity index (χ0n) is 27.8. The predicted octanol–water partition coefficient (Wildman–Crippen LogP) is 7.00. The maximum atomic E-state index is 13.9. The van der Waals surface area contributed by atoms with E-state index in [9.17, 15) is 9.59 Å². The molecule has 3 saturated carbocycles. The van der Waals surface area contributed by atoms with E-state index in [2.05, 4.69) is 59.1 Å². The highest BCUT2D eigenvalue weighted by molar-refractivity contribution is 6.76. The van der Waals surface area contributed by atoms with E-state index in [0.717, 1.165) is 55.3 Å². The van der Waals surface area contributed by atoms with Crippen LogP contribution in [0, 0.1) is 24.7 Å². The van der Waals surface area contributed by atoms with Crippen LogP contribution in [-0.4, -0.2) is 52.1 Å². The third-order valence-electron chi connectivity index (χ3n) is 9.46. The lowest BCUT2D eigenvalue weighted by molar-refractivity contribution is -0.119. The molecule has 3 fully saturated rings. The highest BCUT2D eigenvalue weighted by atomic mass is 28.3. The van der Waals surface area contributed by atoms with Crippen molar-refractivity contribution in [1.29, 1.82) is 0 Å². The van der Waals surface area contributed by atoms with Gasteiger partial charge < -0.3 is 15.4 Å². The molecule has 6 rings (SSSR count). The van der Waals surface area contributed by atoms with Crippen LogP contribution in [0.1, 0.15) is 86.2 Å². The summed E-state index contributed by atoms with van der Waals surface area (Å²) in [6.07, 6.45) is 8.49. The van der Waals surface area contributed by atoms with Crippen molar-refractivity contribution >= 4 is 25.6 Å². The summed E-state index contributed by atoms with van der Waals surface area (Å²) in [6.45, 7) is 14.4. The first-order chi connectivity index (χ1) is 21.5. The minimum atomic E-state index is -1.15. The number of hydrogen-bond acceptors (Lipinski definition) is 5. The normalized spacial score (nSPS) is 17.6. The van der Waals surface area contributed by atoms with Gasteiger partial charge in [0.1, 0.15) is 18.5 Å². The molecule has 0 aliphatic heterocycles. The Balaban J connectivity index is 1.18. The number of carbonyl (C=O) groups excluding carboxylic acids is 2. The van der Waals surface area contributed by atoms with Crippen LogP contribution in [0.3, 0.4) is 0 Å². The third-order valence-corrected chi connectivity index (χ3v) is 11.2. The van der Waals surface area contributed by atoms with Gasteiger partial charge in [0.25, 0.3) is 5.91 Å². The first-order valence-corrected chi connectivity index (χ1v) is 20.6. The summed E-state index contributed by atoms with van der Waals surface area (Å²) in [5.74, 6) is 1.27. The monoisotopic (exact) mass is 630 g/mol. The van der Waals surface area contributed by atoms with Gasteiger partial charge in [-0.05, 0) is 107 Å². The maximum Gasteiger partial charge on any atom is 0.270 e. The number of carbonyl (C=O) groups is 2. The van der Waals surface area contributed by atoms with Gasteiger partial charge in [-0.15, -0.1) is 0 Å². The lowest BCUT2D eigenvalue weighted by atomic mass is 9.88. The molecular weight excluding hydrogens is 581 g/mol. The van der Waals surface area contributed by atoms with Crippen molar-refractivity contribution in [3.05, 3.63) is 53.6 Å². The molecule has 242 valence electrons. The molecule has 45 heavy (non-hydrogen) atoms. The van der Waals surface area contributed by atoms with Crippen LogP contribution in [-0.2, 0) is 16.3 Å². The topological polar surface area (TPSA) is 103 Å². The van der Waals surface area contributed by atoms with E-state index in [1.807, 2.05) is 26.0 Å². The van der Waals surface area contributed by atoms with Gasteiger partial charge in [-0.25, -0.2) is 4.68 Å². The van der Waals surface area contributed by atoms with Crippen molar-refractivity contribution in [3.8, 4) is 11.1 Å². The van der Waals surface area contributed by atoms with E-state index < -0.39 is 14.1 Å². The van der Waals surface area contributed by atoms with Gasteiger partial charge in [0.15, 0.2) is 0 Å². The number of amides is 2. The average molecular weight is 631 g/mol. The van der Waals surface area contributed by atoms with Gasteiger partial charge >= 0.3 is 0 Å². The number of nitrogens with zero attached hydrogens (tertiary/aromatic N) is 4. The molecule has 0 radical (unpaired) electrons. The van der Waals surface area contributed by atoms with Gasteiger partial charge in [0, 0.05) is 44.1 Å². The van der Waals surface area contributed by atoms with Crippen molar-refractivity contribution in [2.45, 2.75) is 110 Å². The van der Waals surface area contributed by atoms with Crippen molar-refractivity contribution in [2.75, 3.05) is 11.9 Å². The second-order valence-electron chi connectivity index (χ2n) is 15.0. The van der Waals surface area contributed by atoms with E-state index in [0.29, 0.717) is 30.2 Å². The molecular formula is C35H50N6O3Si. The van der Waals surface area contributed by atoms with Crippen LogP contribution in [0.25, 0.3) is 11.1 Å². The van der Waals surface area contributed by atoms with Crippen LogP contribution in [0.2, 0.25) is 25.7 Å². The Hall–Kier alpha value is -3.24. The van der Waals surface area contributed by atoms with E-state index in [4.69, 9.17) is 9.84 Å². The SMILES string of the molecule is Cc1nn(COCC[Si](C)(C)C)c(C2CC2)c1-c1ccc(NC(=O)C(NC(=O)c2ccnn2C(C)C)C(C2CC2)C2CC2)cc1. The molecule has 9 nitrogen and oxygen atoms in total. The number of hydrogen-bond donors (Lipinski definition) is 2. The van der Waals surface area contributed by atoms with Gasteiger partial charge in [0.05, 0.1) is 11.4 Å². The largest absolute Gasteiger partial charge is 0.360 e. The number of nitrogens with one attached hydrogen (secondary N) is 2. The molecule has 2 amide bonds. The summed E-state index contributed by atoms with van der Waals surface area (Å²) in [4.78, 5) is 27.4. The third kappa shape index (κ3) is 7.60. The predicted molar refractivity (Wildman–Crippen MR) is 180 cm³/mol. The molecule has 2 heterocycles. The molecule has 0 spiro atoms. The summed E-state index contributed by atoms with van der Waals surface area (Å²) in [7, 11) is -1.15. The van der Waals surface area contributed by atoms with E-state index in [1.54, 1.807) is 16.9 Å². The minimum absolute atomic E-state index is 0.0490. The lowest BCUT2D eigenvalue weighted by Gasteiger charge is -2.28. The number of aromatic nitrogens is 4. The van der Waals surface area contributed by atoms with Gasteiger partial charge in [-0.3, -0.25) is 14.3 Å². The molecule has 0 saturated heterocycles. The second-order valence-corrected chi connectivity index (χ2v) is 20.6. The van der Waals surface area contributed by atoms with Gasteiger partial charge in [-0.1, -0.05) is 31.8 Å². The molecule has 2 aromatic heterocycles. The van der Waals surface area contributed by atoms with Crippen LogP contribution < -0.4 is 10.6 Å². The zero-order chi connectivity index (χ0) is 31.9. The van der Waals surface area contributed by atoms with Gasteiger partial charge in [0.2, 0.25) is 5.91 Å². The van der Waals surface area contributed by atoms with E-state index >= 15 is 0 Å². The molecule has 3 aliphatic carbocycles. The number of benzene rings is 1. The van der Waals surface area contributed by atoms with Crippen LogP contribution in [0.15, 0.2) is 36.5 Å². The Bertz CT molecular complexity index is 1500. The van der Waals surface area contributed by atoms with Crippen molar-refractivity contribution in [2.24, 2.45) is 17.8 Å². The molecule has 10 heteroatoms. The average Bonchev–Trinajstić information content (AvgIpc) is 3.88. The molecule has 0 bridgehead atoms. The molecule has 1 atom stereocenters. The summed E-state index contributed by atoms with van der Waals surface area (Å²) in [5, 5.41) is 15.5. The maximum absolute atomic E-state index is 13.9. The smallest absolute Gasteiger partial charge is 0.270 e. The van der Waals surface area contributed by atoms with Crippen LogP contribution in [0.4, 0.5) is 5.69 Å². The molecule has 3 aliphatic rings. The molecule has 2 N–H and O–H groups in total. The molecule has 3 aromatic rings. The Morgan fingerprint density at radius 3 is 2.24 bits per heavy atom. The first kappa shape index (κ1) is 31.7. The summed E-state index contributed by atoms with van der Waals surface area (Å²) >= 11 is 0. The Kier molecular flexibility index (Phi) is 9.07. The summed E-state index contributed by atoms with van der Waals surface area (Å²) < 4.78 is 9.87. The highest BCUT2D eigenvalue weighted by Gasteiger charge is 2.48. The Morgan fingerprint density at radius 1 is 1.00 bits per heavy atom. The Morgan fingerprint density at radius 2 is 1.67 bits per heavy atom. The van der Waals surface area contributed by atoms with E-state index in [1.165, 1.54) is 24.1 Å². The second kappa shape index (κ2) is 12.9. The van der Waals surface area contributed by atoms with Gasteiger partial charge in [-0.2, -0.15) is 10.2 Å². The number of anilines is 1. The Labute approximate surface area is 268 Å². The zero-order valence-corrected chi connectivity index (χ0v) is 28.8. The molecule has 1 aromatic carbocycles. The standard InChI is InChI=1S/C35H50N6O3Si/c1-22(2)41-29(17-18-36-41)34(42)38-32(31(25-7-8-25)26-9-10-26)35(43)37-28-15-13-24(14-16-28)30-23(3)39-40(33(30)27-11-12-27)21-44-19-20-45(4,5)6/h13-18,22,25-27,31-32H,7-12,19-21H2,1-6H3,(H,37,43)(H,38,42). The minimum Gasteiger partial charge on any atom is -0.360 e. The molecule has 1 unspecified atom stereocenters. The fourth-order valence-electron chi connectivity index (χ4n) is 6.64. The fourth-order valence-corrected chi connectivity index (χ4v) is 7.40. The van der Waals surface area contributed by atoms with Crippen molar-refractivity contribution in [1.82, 2.24) is 24.9 Å². The van der Waals surface area contributed by atoms with E-state index in [-0.39, 0.29) is 23.8 Å². The van der Waals surface area contributed by atoms with Crippen LogP contribution >= 0.6 is 0 Å². The lowest BCUT2D eigenvalue weighted by Crippen LogP contribution is -2.50. The van der Waals surface area contributed by atoms with Crippen LogP contribution in [0.5, 0.6) is 0 Å². The van der Waals surface area contributed by atoms with Crippen molar-refractivity contribution < 1.29 is 14.3 Å². The number of ether oxygens (including phenoxy) is 1. The number of aryl methyl sites for hydroxylation is 1. The first-order valence-electron chi connectivity index (χ1n) is 16.9.